The van der Waals surface area contributed by atoms with Crippen molar-refractivity contribution >= 4 is 60.3 Å². The fourth-order valence-corrected chi connectivity index (χ4v) is 4.89. The van der Waals surface area contributed by atoms with Crippen molar-refractivity contribution in [1.82, 2.24) is 0 Å². The Balaban J connectivity index is 1.56. The van der Waals surface area contributed by atoms with E-state index in [-0.39, 0.29) is 0 Å². The van der Waals surface area contributed by atoms with Crippen LogP contribution < -0.4 is 0 Å². The van der Waals surface area contributed by atoms with Crippen LogP contribution >= 0.6 is 0 Å². The third-order valence-electron chi connectivity index (χ3n) is 6.39. The summed E-state index contributed by atoms with van der Waals surface area (Å²) in [5.74, 6) is 0. The predicted molar refractivity (Wildman–Crippen MR) is 124 cm³/mol. The number of fused-ring (bicyclic) bond motifs is 7. The highest BCUT2D eigenvalue weighted by atomic mass is 16.3. The SMILES string of the molecule is C1=Cc2cc3cc4c(cc3cc2CC1)oc1cc2cc3ccccc3cc2cc14. The molecular formula is C28H18O. The van der Waals surface area contributed by atoms with Gasteiger partial charge in [0, 0.05) is 10.8 Å². The molecule has 1 aliphatic rings. The lowest BCUT2D eigenvalue weighted by atomic mass is 9.93. The maximum atomic E-state index is 6.31. The monoisotopic (exact) mass is 370 g/mol. The van der Waals surface area contributed by atoms with E-state index in [0.717, 1.165) is 24.0 Å². The highest BCUT2D eigenvalue weighted by Crippen LogP contribution is 2.37. The molecule has 29 heavy (non-hydrogen) atoms. The topological polar surface area (TPSA) is 13.1 Å². The number of aryl methyl sites for hydroxylation is 1. The molecule has 1 aliphatic carbocycles. The summed E-state index contributed by atoms with van der Waals surface area (Å²) in [6.07, 6.45) is 6.79. The van der Waals surface area contributed by atoms with Crippen LogP contribution in [0.5, 0.6) is 0 Å². The number of hydrogen-bond acceptors (Lipinski definition) is 1. The highest BCUT2D eigenvalue weighted by molar-refractivity contribution is 6.14. The van der Waals surface area contributed by atoms with Gasteiger partial charge in [-0.25, -0.2) is 0 Å². The van der Waals surface area contributed by atoms with Gasteiger partial charge in [-0.05, 0) is 98.8 Å². The zero-order chi connectivity index (χ0) is 18.9. The molecule has 0 bridgehead atoms. The van der Waals surface area contributed by atoms with Gasteiger partial charge in [0.2, 0.25) is 0 Å². The van der Waals surface area contributed by atoms with E-state index in [2.05, 4.69) is 84.9 Å². The maximum Gasteiger partial charge on any atom is 0.136 e. The molecule has 1 heteroatoms. The first-order valence-electron chi connectivity index (χ1n) is 10.2. The first-order valence-corrected chi connectivity index (χ1v) is 10.2. The smallest absolute Gasteiger partial charge is 0.136 e. The van der Waals surface area contributed by atoms with Crippen molar-refractivity contribution in [2.45, 2.75) is 12.8 Å². The van der Waals surface area contributed by atoms with Crippen molar-refractivity contribution in [3.05, 3.63) is 90.0 Å². The van der Waals surface area contributed by atoms with Gasteiger partial charge in [-0.2, -0.15) is 0 Å². The van der Waals surface area contributed by atoms with Crippen LogP contribution in [0.4, 0.5) is 0 Å². The van der Waals surface area contributed by atoms with Gasteiger partial charge in [0.15, 0.2) is 0 Å². The Hall–Kier alpha value is -3.58. The number of allylic oxidation sites excluding steroid dienone is 1. The second kappa shape index (κ2) is 5.48. The summed E-state index contributed by atoms with van der Waals surface area (Å²) in [4.78, 5) is 0. The minimum atomic E-state index is 0.961. The molecule has 0 fully saturated rings. The number of hydrogen-bond donors (Lipinski definition) is 0. The lowest BCUT2D eigenvalue weighted by molar-refractivity contribution is 0.670. The van der Waals surface area contributed by atoms with Crippen LogP contribution in [-0.2, 0) is 6.42 Å². The summed E-state index contributed by atoms with van der Waals surface area (Å²) in [5, 5.41) is 9.95. The Morgan fingerprint density at radius 3 is 1.93 bits per heavy atom. The third-order valence-corrected chi connectivity index (χ3v) is 6.39. The Morgan fingerprint density at radius 1 is 0.586 bits per heavy atom. The Bertz CT molecular complexity index is 1650. The van der Waals surface area contributed by atoms with Crippen LogP contribution in [0.3, 0.4) is 0 Å². The van der Waals surface area contributed by atoms with E-state index in [1.165, 1.54) is 54.2 Å². The molecule has 1 aromatic heterocycles. The van der Waals surface area contributed by atoms with Crippen LogP contribution in [-0.4, -0.2) is 0 Å². The van der Waals surface area contributed by atoms with Crippen LogP contribution in [0.2, 0.25) is 0 Å². The zero-order valence-electron chi connectivity index (χ0n) is 15.9. The Morgan fingerprint density at radius 2 is 1.21 bits per heavy atom. The Kier molecular flexibility index (Phi) is 2.90. The summed E-state index contributed by atoms with van der Waals surface area (Å²) in [7, 11) is 0. The number of rotatable bonds is 0. The molecule has 5 aromatic carbocycles. The molecule has 6 aromatic rings. The summed E-state index contributed by atoms with van der Waals surface area (Å²) < 4.78 is 6.31. The highest BCUT2D eigenvalue weighted by Gasteiger charge is 2.12. The van der Waals surface area contributed by atoms with Gasteiger partial charge in [0.05, 0.1) is 0 Å². The molecule has 0 saturated heterocycles. The largest absolute Gasteiger partial charge is 0.456 e. The molecule has 136 valence electrons. The normalized spacial score (nSPS) is 13.8. The molecule has 1 nitrogen and oxygen atoms in total. The van der Waals surface area contributed by atoms with Crippen LogP contribution in [0, 0.1) is 0 Å². The fraction of sp³-hybridized carbons (Fsp3) is 0.0714. The molecule has 0 spiro atoms. The quantitative estimate of drug-likeness (QED) is 0.247. The molecule has 7 rings (SSSR count). The summed E-state index contributed by atoms with van der Waals surface area (Å²) in [6, 6.07) is 26.7. The first-order chi connectivity index (χ1) is 14.3. The van der Waals surface area contributed by atoms with Crippen LogP contribution in [0.15, 0.2) is 83.3 Å². The van der Waals surface area contributed by atoms with E-state index >= 15 is 0 Å². The average Bonchev–Trinajstić information content (AvgIpc) is 3.09. The Labute approximate surface area is 167 Å². The van der Waals surface area contributed by atoms with Gasteiger partial charge in [0.1, 0.15) is 11.2 Å². The van der Waals surface area contributed by atoms with Gasteiger partial charge in [0.25, 0.3) is 0 Å². The van der Waals surface area contributed by atoms with Crippen molar-refractivity contribution in [3.63, 3.8) is 0 Å². The van der Waals surface area contributed by atoms with E-state index in [1.807, 2.05) is 0 Å². The van der Waals surface area contributed by atoms with Crippen LogP contribution in [0.25, 0.3) is 60.3 Å². The second-order valence-electron chi connectivity index (χ2n) is 8.18. The van der Waals surface area contributed by atoms with Crippen molar-refractivity contribution in [2.24, 2.45) is 0 Å². The minimum absolute atomic E-state index is 0.961. The molecule has 0 radical (unpaired) electrons. The summed E-state index contributed by atoms with van der Waals surface area (Å²) >= 11 is 0. The zero-order valence-corrected chi connectivity index (χ0v) is 15.9. The van der Waals surface area contributed by atoms with E-state index < -0.39 is 0 Å². The molecule has 0 unspecified atom stereocenters. The van der Waals surface area contributed by atoms with Gasteiger partial charge in [-0.15, -0.1) is 0 Å². The lowest BCUT2D eigenvalue weighted by Crippen LogP contribution is -1.93. The molecular weight excluding hydrogens is 352 g/mol. The third kappa shape index (κ3) is 2.22. The van der Waals surface area contributed by atoms with Gasteiger partial charge >= 0.3 is 0 Å². The van der Waals surface area contributed by atoms with Crippen molar-refractivity contribution in [2.75, 3.05) is 0 Å². The summed E-state index contributed by atoms with van der Waals surface area (Å²) in [6.45, 7) is 0. The van der Waals surface area contributed by atoms with E-state index in [0.29, 0.717) is 0 Å². The molecule has 1 heterocycles. The van der Waals surface area contributed by atoms with Crippen molar-refractivity contribution < 1.29 is 4.42 Å². The van der Waals surface area contributed by atoms with E-state index in [4.69, 9.17) is 4.42 Å². The predicted octanol–water partition coefficient (Wildman–Crippen LogP) is 8.01. The molecule has 0 N–H and O–H groups in total. The molecule has 0 amide bonds. The van der Waals surface area contributed by atoms with Crippen molar-refractivity contribution in [3.8, 4) is 0 Å². The lowest BCUT2D eigenvalue weighted by Gasteiger charge is -2.11. The average molecular weight is 370 g/mol. The molecule has 0 aliphatic heterocycles. The van der Waals surface area contributed by atoms with Gasteiger partial charge < -0.3 is 4.42 Å². The minimum Gasteiger partial charge on any atom is -0.456 e. The standard InChI is InChI=1S/C28H18O/c1-3-7-19-11-23-15-27-25(13-21(23)9-17(19)5-1)26-14-22-10-18-6-2-4-8-20(18)12-24(22)16-28(26)29-27/h1-3,5-7,9-16H,4,8H2. The first kappa shape index (κ1) is 15.4. The van der Waals surface area contributed by atoms with Crippen LogP contribution in [0.1, 0.15) is 17.5 Å². The summed E-state index contributed by atoms with van der Waals surface area (Å²) in [5.41, 5.74) is 4.72. The van der Waals surface area contributed by atoms with Gasteiger partial charge in [-0.1, -0.05) is 42.5 Å². The van der Waals surface area contributed by atoms with E-state index in [1.54, 1.807) is 0 Å². The van der Waals surface area contributed by atoms with E-state index in [9.17, 15) is 0 Å². The number of furan rings is 1. The number of benzene rings is 5. The fourth-order valence-electron chi connectivity index (χ4n) is 4.89. The molecule has 0 saturated carbocycles. The van der Waals surface area contributed by atoms with Gasteiger partial charge in [-0.3, -0.25) is 0 Å². The second-order valence-corrected chi connectivity index (χ2v) is 8.18. The maximum absolute atomic E-state index is 6.31. The molecule has 0 atom stereocenters. The van der Waals surface area contributed by atoms with Crippen molar-refractivity contribution in [1.29, 1.82) is 0 Å².